The number of hydrogen-bond acceptors (Lipinski definition) is 4. The monoisotopic (exact) mass is 281 g/mol. The molecule has 0 fully saturated rings. The molecule has 1 heterocycles. The highest BCUT2D eigenvalue weighted by atomic mass is 16.5. The summed E-state index contributed by atoms with van der Waals surface area (Å²) in [4.78, 5) is 4.36. The number of aromatic nitrogens is 1. The first kappa shape index (κ1) is 14.9. The molecule has 108 valence electrons. The molecule has 0 aliphatic rings. The number of unbranched alkanes of at least 4 members (excludes halogenated alkanes) is 1. The Kier molecular flexibility index (Phi) is 5.60. The van der Waals surface area contributed by atoms with Crippen molar-refractivity contribution in [3.63, 3.8) is 0 Å². The first-order chi connectivity index (χ1) is 10.3. The van der Waals surface area contributed by atoms with Crippen LogP contribution in [-0.4, -0.2) is 11.6 Å². The van der Waals surface area contributed by atoms with Gasteiger partial charge in [-0.3, -0.25) is 4.98 Å². The van der Waals surface area contributed by atoms with E-state index in [-0.39, 0.29) is 0 Å². The number of nitrogens with zero attached hydrogens (tertiary/aromatic N) is 2. The van der Waals surface area contributed by atoms with Gasteiger partial charge in [0.25, 0.3) is 0 Å². The average molecular weight is 281 g/mol. The van der Waals surface area contributed by atoms with Crippen LogP contribution in [-0.2, 0) is 6.54 Å². The van der Waals surface area contributed by atoms with Gasteiger partial charge in [-0.2, -0.15) is 5.26 Å². The third-order valence-electron chi connectivity index (χ3n) is 2.98. The van der Waals surface area contributed by atoms with Gasteiger partial charge in [0, 0.05) is 24.4 Å². The van der Waals surface area contributed by atoms with Crippen LogP contribution >= 0.6 is 0 Å². The van der Waals surface area contributed by atoms with E-state index in [1.165, 1.54) is 0 Å². The molecule has 2 aromatic rings. The van der Waals surface area contributed by atoms with Gasteiger partial charge in [0.15, 0.2) is 0 Å². The second-order valence-electron chi connectivity index (χ2n) is 4.82. The van der Waals surface area contributed by atoms with E-state index in [9.17, 15) is 0 Å². The fraction of sp³-hybridized carbons (Fsp3) is 0.294. The molecule has 1 aromatic heterocycles. The summed E-state index contributed by atoms with van der Waals surface area (Å²) in [5, 5.41) is 11.8. The third-order valence-corrected chi connectivity index (χ3v) is 2.98. The van der Waals surface area contributed by atoms with Gasteiger partial charge in [0.2, 0.25) is 0 Å². The van der Waals surface area contributed by atoms with Crippen LogP contribution in [0, 0.1) is 18.3 Å². The van der Waals surface area contributed by atoms with Crippen LogP contribution in [0.4, 0.5) is 5.69 Å². The van der Waals surface area contributed by atoms with Crippen LogP contribution in [0.1, 0.15) is 24.1 Å². The van der Waals surface area contributed by atoms with Crippen molar-refractivity contribution in [1.82, 2.24) is 4.98 Å². The van der Waals surface area contributed by atoms with Crippen molar-refractivity contribution in [1.29, 1.82) is 5.26 Å². The van der Waals surface area contributed by atoms with Crippen molar-refractivity contribution < 1.29 is 4.74 Å². The lowest BCUT2D eigenvalue weighted by atomic mass is 10.2. The number of hydrogen-bond donors (Lipinski definition) is 1. The van der Waals surface area contributed by atoms with E-state index < -0.39 is 0 Å². The third kappa shape index (κ3) is 5.15. The zero-order valence-corrected chi connectivity index (χ0v) is 12.2. The quantitative estimate of drug-likeness (QED) is 0.786. The zero-order valence-electron chi connectivity index (χ0n) is 12.2. The van der Waals surface area contributed by atoms with Crippen LogP contribution in [0.15, 0.2) is 42.6 Å². The fourth-order valence-corrected chi connectivity index (χ4v) is 1.83. The molecule has 0 saturated heterocycles. The first-order valence-electron chi connectivity index (χ1n) is 7.03. The first-order valence-corrected chi connectivity index (χ1v) is 7.03. The number of rotatable bonds is 7. The predicted octanol–water partition coefficient (Wildman–Crippen LogP) is 3.68. The maximum absolute atomic E-state index is 8.48. The van der Waals surface area contributed by atoms with Crippen LogP contribution in [0.2, 0.25) is 0 Å². The minimum Gasteiger partial charge on any atom is -0.493 e. The second kappa shape index (κ2) is 7.91. The van der Waals surface area contributed by atoms with Crippen molar-refractivity contribution in [2.75, 3.05) is 11.9 Å². The Morgan fingerprint density at radius 3 is 2.95 bits per heavy atom. The van der Waals surface area contributed by atoms with Gasteiger partial charge < -0.3 is 10.1 Å². The number of ether oxygens (including phenoxy) is 1. The van der Waals surface area contributed by atoms with Gasteiger partial charge >= 0.3 is 0 Å². The second-order valence-corrected chi connectivity index (χ2v) is 4.82. The lowest BCUT2D eigenvalue weighted by Crippen LogP contribution is -2.02. The maximum atomic E-state index is 8.48. The summed E-state index contributed by atoms with van der Waals surface area (Å²) in [6.07, 6.45) is 3.14. The molecule has 0 unspecified atom stereocenters. The molecule has 4 nitrogen and oxygen atoms in total. The Morgan fingerprint density at radius 2 is 2.19 bits per heavy atom. The number of anilines is 1. The molecule has 0 atom stereocenters. The lowest BCUT2D eigenvalue weighted by Gasteiger charge is -2.09. The molecule has 0 aliphatic heterocycles. The summed E-state index contributed by atoms with van der Waals surface area (Å²) in [6.45, 7) is 3.27. The molecular weight excluding hydrogens is 262 g/mol. The highest BCUT2D eigenvalue weighted by Gasteiger charge is 1.98. The van der Waals surface area contributed by atoms with Crippen molar-refractivity contribution >= 4 is 5.69 Å². The summed E-state index contributed by atoms with van der Waals surface area (Å²) >= 11 is 0. The number of aryl methyl sites for hydroxylation is 1. The number of pyridine rings is 1. The van der Waals surface area contributed by atoms with E-state index in [2.05, 4.69) is 22.4 Å². The molecular formula is C17H19N3O. The molecule has 0 radical (unpaired) electrons. The highest BCUT2D eigenvalue weighted by molar-refractivity contribution is 5.48. The van der Waals surface area contributed by atoms with Crippen LogP contribution in [0.3, 0.4) is 0 Å². The molecule has 2 rings (SSSR count). The molecule has 1 N–H and O–H groups in total. The lowest BCUT2D eigenvalue weighted by molar-refractivity contribution is 0.313. The molecule has 0 amide bonds. The van der Waals surface area contributed by atoms with Gasteiger partial charge in [-0.25, -0.2) is 0 Å². The van der Waals surface area contributed by atoms with E-state index in [1.807, 2.05) is 43.5 Å². The molecule has 4 heteroatoms. The molecule has 21 heavy (non-hydrogen) atoms. The maximum Gasteiger partial charge on any atom is 0.121 e. The van der Waals surface area contributed by atoms with E-state index in [4.69, 9.17) is 10.00 Å². The molecule has 0 bridgehead atoms. The van der Waals surface area contributed by atoms with Gasteiger partial charge in [0.1, 0.15) is 5.75 Å². The Labute approximate surface area is 125 Å². The largest absolute Gasteiger partial charge is 0.493 e. The van der Waals surface area contributed by atoms with Crippen LogP contribution < -0.4 is 10.1 Å². The van der Waals surface area contributed by atoms with Gasteiger partial charge in [0.05, 0.1) is 24.9 Å². The number of nitriles is 1. The Balaban J connectivity index is 1.86. The van der Waals surface area contributed by atoms with Crippen LogP contribution in [0.25, 0.3) is 0 Å². The van der Waals surface area contributed by atoms with Crippen molar-refractivity contribution in [2.24, 2.45) is 0 Å². The summed E-state index contributed by atoms with van der Waals surface area (Å²) in [5.41, 5.74) is 3.16. The molecule has 1 aromatic carbocycles. The molecule has 0 spiro atoms. The zero-order chi connectivity index (χ0) is 14.9. The summed E-state index contributed by atoms with van der Waals surface area (Å²) in [5.74, 6) is 0.815. The van der Waals surface area contributed by atoms with E-state index >= 15 is 0 Å². The summed E-state index contributed by atoms with van der Waals surface area (Å²) < 4.78 is 5.61. The minimum atomic E-state index is 0.525. The average Bonchev–Trinajstić information content (AvgIpc) is 2.52. The number of nitrogens with one attached hydrogen (secondary N) is 1. The SMILES string of the molecule is Cc1ccc(CNc2cccc(OCCCC#N)c2)nc1. The van der Waals surface area contributed by atoms with Gasteiger partial charge in [-0.15, -0.1) is 0 Å². The summed E-state index contributed by atoms with van der Waals surface area (Å²) in [7, 11) is 0. The van der Waals surface area contributed by atoms with E-state index in [0.717, 1.165) is 29.1 Å². The van der Waals surface area contributed by atoms with E-state index in [1.54, 1.807) is 0 Å². The topological polar surface area (TPSA) is 57.9 Å². The number of benzene rings is 1. The van der Waals surface area contributed by atoms with Crippen LogP contribution in [0.5, 0.6) is 5.75 Å². The molecule has 0 aliphatic carbocycles. The Bertz CT molecular complexity index is 602. The van der Waals surface area contributed by atoms with Gasteiger partial charge in [-0.1, -0.05) is 12.1 Å². The van der Waals surface area contributed by atoms with Crippen molar-refractivity contribution in [3.8, 4) is 11.8 Å². The van der Waals surface area contributed by atoms with Gasteiger partial charge in [-0.05, 0) is 37.1 Å². The normalized spacial score (nSPS) is 9.90. The highest BCUT2D eigenvalue weighted by Crippen LogP contribution is 2.18. The van der Waals surface area contributed by atoms with Crippen molar-refractivity contribution in [2.45, 2.75) is 26.3 Å². The predicted molar refractivity (Wildman–Crippen MR) is 83.1 cm³/mol. The standard InChI is InChI=1S/C17H19N3O/c1-14-7-8-16(19-12-14)13-20-15-5-4-6-17(11-15)21-10-3-2-9-18/h4-8,11-12,20H,2-3,10,13H2,1H3. The minimum absolute atomic E-state index is 0.525. The fourth-order valence-electron chi connectivity index (χ4n) is 1.83. The Hall–Kier alpha value is -2.54. The van der Waals surface area contributed by atoms with E-state index in [0.29, 0.717) is 19.6 Å². The summed E-state index contributed by atoms with van der Waals surface area (Å²) in [6, 6.07) is 14.0. The Morgan fingerprint density at radius 1 is 1.29 bits per heavy atom. The smallest absolute Gasteiger partial charge is 0.121 e. The van der Waals surface area contributed by atoms with Crippen molar-refractivity contribution in [3.05, 3.63) is 53.9 Å². The molecule has 0 saturated carbocycles.